The van der Waals surface area contributed by atoms with Gasteiger partial charge in [-0.2, -0.15) is 0 Å². The number of carboxylic acid groups (broad SMARTS) is 2. The Morgan fingerprint density at radius 1 is 0.929 bits per heavy atom. The number of ether oxygens (including phenoxy) is 2. The maximum absolute atomic E-state index is 10.9. The molecule has 2 unspecified atom stereocenters. The Hall–Kier alpha value is -1.14. The topological polar surface area (TPSA) is 93.1 Å². The van der Waals surface area contributed by atoms with Gasteiger partial charge >= 0.3 is 11.9 Å². The monoisotopic (exact) mass is 202 g/mol. The predicted molar refractivity (Wildman–Crippen MR) is 41.9 cm³/mol. The van der Waals surface area contributed by atoms with Crippen LogP contribution in [0.2, 0.25) is 0 Å². The Balaban J connectivity index is 2.21. The number of aliphatic carboxylic acids is 2. The second-order valence-corrected chi connectivity index (χ2v) is 3.68. The van der Waals surface area contributed by atoms with Crippen molar-refractivity contribution in [2.45, 2.75) is 24.0 Å². The van der Waals surface area contributed by atoms with Gasteiger partial charge < -0.3 is 19.7 Å². The first-order valence-corrected chi connectivity index (χ1v) is 4.26. The molecule has 14 heavy (non-hydrogen) atoms. The number of carboxylic acids is 2. The van der Waals surface area contributed by atoms with Crippen molar-refractivity contribution in [1.82, 2.24) is 0 Å². The highest BCUT2D eigenvalue weighted by Gasteiger charge is 2.58. The summed E-state index contributed by atoms with van der Waals surface area (Å²) in [6.07, 6.45) is 0.378. The molecule has 78 valence electrons. The Kier molecular flexibility index (Phi) is 1.80. The zero-order valence-corrected chi connectivity index (χ0v) is 7.36. The maximum Gasteiger partial charge on any atom is 0.338 e. The van der Waals surface area contributed by atoms with Crippen LogP contribution >= 0.6 is 0 Å². The fourth-order valence-corrected chi connectivity index (χ4v) is 1.75. The van der Waals surface area contributed by atoms with Crippen LogP contribution in [-0.4, -0.2) is 46.6 Å². The largest absolute Gasteiger partial charge is 0.479 e. The fourth-order valence-electron chi connectivity index (χ4n) is 1.75. The van der Waals surface area contributed by atoms with E-state index in [9.17, 15) is 9.59 Å². The van der Waals surface area contributed by atoms with E-state index in [0.29, 0.717) is 0 Å². The summed E-state index contributed by atoms with van der Waals surface area (Å²) in [6, 6.07) is 0. The number of fused-ring (bicyclic) bond motifs is 3. The molecule has 3 fully saturated rings. The van der Waals surface area contributed by atoms with Crippen LogP contribution < -0.4 is 0 Å². The number of hydrogen-bond acceptors (Lipinski definition) is 4. The standard InChI is InChI=1S/C8H10O6/c9-5(10)7-1-2-8(4-13-7,6(11)12)14-3-7/h1-4H2,(H,9,10)(H,11,12). The average molecular weight is 202 g/mol. The smallest absolute Gasteiger partial charge is 0.338 e. The zero-order valence-electron chi connectivity index (χ0n) is 7.36. The van der Waals surface area contributed by atoms with E-state index in [0.717, 1.165) is 0 Å². The second-order valence-electron chi connectivity index (χ2n) is 3.68. The van der Waals surface area contributed by atoms with Crippen molar-refractivity contribution < 1.29 is 29.3 Å². The minimum absolute atomic E-state index is 0.186. The van der Waals surface area contributed by atoms with Crippen LogP contribution in [0.15, 0.2) is 0 Å². The molecule has 0 aromatic rings. The first kappa shape index (κ1) is 9.42. The molecule has 0 amide bonds. The summed E-state index contributed by atoms with van der Waals surface area (Å²) in [4.78, 5) is 21.7. The molecule has 3 aliphatic heterocycles. The minimum Gasteiger partial charge on any atom is -0.479 e. The zero-order chi connectivity index (χ0) is 10.4. The quantitative estimate of drug-likeness (QED) is 0.625. The lowest BCUT2D eigenvalue weighted by Crippen LogP contribution is -2.65. The summed E-state index contributed by atoms with van der Waals surface area (Å²) in [5, 5.41) is 17.8. The van der Waals surface area contributed by atoms with Crippen molar-refractivity contribution in [3.8, 4) is 0 Å². The van der Waals surface area contributed by atoms with Gasteiger partial charge in [0.15, 0.2) is 11.2 Å². The molecule has 2 N–H and O–H groups in total. The number of carbonyl (C=O) groups is 2. The van der Waals surface area contributed by atoms with Crippen molar-refractivity contribution >= 4 is 11.9 Å². The van der Waals surface area contributed by atoms with E-state index in [4.69, 9.17) is 19.7 Å². The second kappa shape index (κ2) is 2.68. The van der Waals surface area contributed by atoms with Crippen LogP contribution in [0.4, 0.5) is 0 Å². The van der Waals surface area contributed by atoms with Crippen molar-refractivity contribution in [1.29, 1.82) is 0 Å². The fraction of sp³-hybridized carbons (Fsp3) is 0.750. The molecule has 0 radical (unpaired) electrons. The molecule has 6 heteroatoms. The van der Waals surface area contributed by atoms with Crippen LogP contribution in [0.25, 0.3) is 0 Å². The third-order valence-corrected chi connectivity index (χ3v) is 2.88. The van der Waals surface area contributed by atoms with Gasteiger partial charge in [0.1, 0.15) is 0 Å². The molecule has 3 heterocycles. The molecule has 2 bridgehead atoms. The lowest BCUT2D eigenvalue weighted by molar-refractivity contribution is -0.273. The molecule has 0 saturated carbocycles. The Bertz CT molecular complexity index is 242. The molecule has 3 saturated heterocycles. The van der Waals surface area contributed by atoms with Gasteiger partial charge in [0.25, 0.3) is 0 Å². The van der Waals surface area contributed by atoms with Crippen molar-refractivity contribution in [2.75, 3.05) is 13.2 Å². The summed E-state index contributed by atoms with van der Waals surface area (Å²) < 4.78 is 10.2. The Morgan fingerprint density at radius 3 is 1.43 bits per heavy atom. The summed E-state index contributed by atoms with van der Waals surface area (Å²) in [7, 11) is 0. The van der Waals surface area contributed by atoms with Gasteiger partial charge in [0.05, 0.1) is 13.2 Å². The number of hydrogen-bond donors (Lipinski definition) is 2. The molecule has 3 rings (SSSR count). The lowest BCUT2D eigenvalue weighted by Gasteiger charge is -2.48. The van der Waals surface area contributed by atoms with Crippen LogP contribution in [0.3, 0.4) is 0 Å². The first-order valence-electron chi connectivity index (χ1n) is 4.26. The molecular formula is C8H10O6. The molecule has 0 aliphatic carbocycles. The van der Waals surface area contributed by atoms with Gasteiger partial charge in [-0.1, -0.05) is 0 Å². The van der Waals surface area contributed by atoms with Crippen molar-refractivity contribution in [3.63, 3.8) is 0 Å². The highest BCUT2D eigenvalue weighted by Crippen LogP contribution is 2.40. The van der Waals surface area contributed by atoms with Gasteiger partial charge in [0, 0.05) is 0 Å². The van der Waals surface area contributed by atoms with Gasteiger partial charge in [-0.3, -0.25) is 0 Å². The van der Waals surface area contributed by atoms with Gasteiger partial charge in [-0.25, -0.2) is 9.59 Å². The first-order chi connectivity index (χ1) is 6.51. The van der Waals surface area contributed by atoms with E-state index >= 15 is 0 Å². The van der Waals surface area contributed by atoms with Crippen molar-refractivity contribution in [2.24, 2.45) is 0 Å². The molecule has 0 aromatic carbocycles. The lowest BCUT2D eigenvalue weighted by atomic mass is 9.83. The Morgan fingerprint density at radius 2 is 1.29 bits per heavy atom. The average Bonchev–Trinajstić information content (AvgIpc) is 2.20. The summed E-state index contributed by atoms with van der Waals surface area (Å²) in [6.45, 7) is -0.372. The highest BCUT2D eigenvalue weighted by atomic mass is 16.6. The van der Waals surface area contributed by atoms with Crippen molar-refractivity contribution in [3.05, 3.63) is 0 Å². The SMILES string of the molecule is O=C(O)C12CCC(C(=O)O)(CO1)OC2. The molecule has 0 spiro atoms. The van der Waals surface area contributed by atoms with E-state index in [1.54, 1.807) is 0 Å². The van der Waals surface area contributed by atoms with E-state index in [1.165, 1.54) is 0 Å². The van der Waals surface area contributed by atoms with E-state index in [2.05, 4.69) is 0 Å². The van der Waals surface area contributed by atoms with Crippen LogP contribution in [0, 0.1) is 0 Å². The van der Waals surface area contributed by atoms with Crippen LogP contribution in [-0.2, 0) is 19.1 Å². The van der Waals surface area contributed by atoms with Gasteiger partial charge in [-0.05, 0) is 12.8 Å². The Labute approximate surface area is 79.4 Å². The number of rotatable bonds is 2. The normalized spacial score (nSPS) is 40.9. The third-order valence-electron chi connectivity index (χ3n) is 2.88. The molecule has 6 nitrogen and oxygen atoms in total. The summed E-state index contributed by atoms with van der Waals surface area (Å²) in [5.74, 6) is -2.17. The van der Waals surface area contributed by atoms with Crippen LogP contribution in [0.5, 0.6) is 0 Å². The van der Waals surface area contributed by atoms with Crippen LogP contribution in [0.1, 0.15) is 12.8 Å². The minimum atomic E-state index is -1.32. The van der Waals surface area contributed by atoms with E-state index < -0.39 is 23.1 Å². The predicted octanol–water partition coefficient (Wildman–Crippen LogP) is -0.526. The molecule has 0 aromatic heterocycles. The van der Waals surface area contributed by atoms with E-state index in [1.807, 2.05) is 0 Å². The molecular weight excluding hydrogens is 192 g/mol. The highest BCUT2D eigenvalue weighted by molar-refractivity contribution is 5.82. The maximum atomic E-state index is 10.9. The third kappa shape index (κ3) is 1.04. The van der Waals surface area contributed by atoms with E-state index in [-0.39, 0.29) is 26.1 Å². The van der Waals surface area contributed by atoms with Gasteiger partial charge in [0.2, 0.25) is 0 Å². The summed E-state index contributed by atoms with van der Waals surface area (Å²) in [5.41, 5.74) is -2.64. The summed E-state index contributed by atoms with van der Waals surface area (Å²) >= 11 is 0. The molecule has 3 aliphatic rings. The molecule has 2 atom stereocenters. The van der Waals surface area contributed by atoms with Gasteiger partial charge in [-0.15, -0.1) is 0 Å².